The second-order valence-electron chi connectivity index (χ2n) is 4.57. The van der Waals surface area contributed by atoms with Crippen molar-refractivity contribution in [2.75, 3.05) is 7.11 Å². The third-order valence-corrected chi connectivity index (χ3v) is 4.26. The van der Waals surface area contributed by atoms with Gasteiger partial charge in [-0.2, -0.15) is 0 Å². The Morgan fingerprint density at radius 2 is 1.80 bits per heavy atom. The Morgan fingerprint density at radius 1 is 1.10 bits per heavy atom. The normalized spacial score (nSPS) is 21.0. The quantitative estimate of drug-likeness (QED) is 0.785. The Morgan fingerprint density at radius 3 is 2.50 bits per heavy atom. The minimum atomic E-state index is -0.384. The number of hydrogen-bond donors (Lipinski definition) is 0. The average molecular weight is 333 g/mol. The van der Waals surface area contributed by atoms with Crippen molar-refractivity contribution in [3.63, 3.8) is 0 Å². The van der Waals surface area contributed by atoms with Gasteiger partial charge in [-0.05, 0) is 29.8 Å². The topological polar surface area (TPSA) is 35.5 Å². The number of benzene rings is 2. The summed E-state index contributed by atoms with van der Waals surface area (Å²) in [5.41, 5.74) is 1.56. The standard InChI is InChI=1S/C16H13BrO3/c1-19-11-8-6-10(7-9-11)16-14(17)15(18)12-4-2-3-5-13(12)20-16/h2-9,14,16H,1H3. The van der Waals surface area contributed by atoms with Crippen molar-refractivity contribution in [3.05, 3.63) is 59.7 Å². The van der Waals surface area contributed by atoms with E-state index in [0.717, 1.165) is 11.3 Å². The van der Waals surface area contributed by atoms with Crippen LogP contribution in [0.15, 0.2) is 48.5 Å². The number of rotatable bonds is 2. The zero-order valence-corrected chi connectivity index (χ0v) is 12.5. The molecule has 1 heterocycles. The maximum absolute atomic E-state index is 12.4. The average Bonchev–Trinajstić information content (AvgIpc) is 2.51. The van der Waals surface area contributed by atoms with E-state index in [2.05, 4.69) is 15.9 Å². The molecule has 0 saturated heterocycles. The van der Waals surface area contributed by atoms with Crippen LogP contribution < -0.4 is 9.47 Å². The fourth-order valence-electron chi connectivity index (χ4n) is 2.29. The number of Topliss-reactive ketones (excluding diaryl/α,β-unsaturated/α-hetero) is 1. The zero-order valence-electron chi connectivity index (χ0n) is 10.9. The van der Waals surface area contributed by atoms with Crippen LogP contribution in [0.4, 0.5) is 0 Å². The van der Waals surface area contributed by atoms with Gasteiger partial charge < -0.3 is 9.47 Å². The summed E-state index contributed by atoms with van der Waals surface area (Å²) >= 11 is 3.46. The Balaban J connectivity index is 1.97. The van der Waals surface area contributed by atoms with Crippen molar-refractivity contribution in [1.29, 1.82) is 0 Å². The summed E-state index contributed by atoms with van der Waals surface area (Å²) in [5, 5.41) is 0. The van der Waals surface area contributed by atoms with Crippen LogP contribution >= 0.6 is 15.9 Å². The molecule has 0 amide bonds. The minimum absolute atomic E-state index is 0.0488. The van der Waals surface area contributed by atoms with E-state index in [1.54, 1.807) is 13.2 Å². The van der Waals surface area contributed by atoms with Crippen molar-refractivity contribution in [2.45, 2.75) is 10.9 Å². The van der Waals surface area contributed by atoms with E-state index in [9.17, 15) is 4.79 Å². The molecular formula is C16H13BrO3. The van der Waals surface area contributed by atoms with E-state index in [0.29, 0.717) is 11.3 Å². The predicted molar refractivity (Wildman–Crippen MR) is 79.9 cm³/mol. The number of carbonyl (C=O) groups excluding carboxylic acids is 1. The number of hydrogen-bond acceptors (Lipinski definition) is 3. The van der Waals surface area contributed by atoms with Gasteiger partial charge in [0, 0.05) is 0 Å². The lowest BCUT2D eigenvalue weighted by molar-refractivity contribution is 0.0873. The number of para-hydroxylation sites is 1. The van der Waals surface area contributed by atoms with Crippen LogP contribution in [0.1, 0.15) is 22.0 Å². The highest BCUT2D eigenvalue weighted by Gasteiger charge is 2.36. The van der Waals surface area contributed by atoms with E-state index in [1.165, 1.54) is 0 Å². The van der Waals surface area contributed by atoms with Crippen molar-refractivity contribution < 1.29 is 14.3 Å². The molecule has 2 unspecified atom stereocenters. The molecule has 1 aliphatic heterocycles. The molecule has 0 N–H and O–H groups in total. The molecular weight excluding hydrogens is 320 g/mol. The first-order valence-corrected chi connectivity index (χ1v) is 7.20. The molecule has 2 atom stereocenters. The molecule has 3 nitrogen and oxygen atoms in total. The van der Waals surface area contributed by atoms with Gasteiger partial charge in [-0.1, -0.05) is 40.2 Å². The molecule has 0 aliphatic carbocycles. The number of alkyl halides is 1. The molecule has 102 valence electrons. The van der Waals surface area contributed by atoms with Crippen molar-refractivity contribution >= 4 is 21.7 Å². The van der Waals surface area contributed by atoms with Crippen LogP contribution in [0, 0.1) is 0 Å². The predicted octanol–water partition coefficient (Wildman–Crippen LogP) is 3.78. The van der Waals surface area contributed by atoms with Gasteiger partial charge >= 0.3 is 0 Å². The van der Waals surface area contributed by atoms with Gasteiger partial charge in [-0.25, -0.2) is 0 Å². The molecule has 0 saturated carbocycles. The second-order valence-corrected chi connectivity index (χ2v) is 5.56. The number of carbonyl (C=O) groups is 1. The molecule has 2 aromatic carbocycles. The summed E-state index contributed by atoms with van der Waals surface area (Å²) in [6, 6.07) is 14.9. The molecule has 20 heavy (non-hydrogen) atoms. The molecule has 0 aromatic heterocycles. The lowest BCUT2D eigenvalue weighted by Gasteiger charge is -2.29. The summed E-state index contributed by atoms with van der Waals surface area (Å²) < 4.78 is 11.1. The molecule has 1 aliphatic rings. The van der Waals surface area contributed by atoms with E-state index in [1.807, 2.05) is 42.5 Å². The van der Waals surface area contributed by atoms with Gasteiger partial charge in [0.1, 0.15) is 22.4 Å². The highest BCUT2D eigenvalue weighted by Crippen LogP contribution is 2.38. The third-order valence-electron chi connectivity index (χ3n) is 3.37. The maximum Gasteiger partial charge on any atom is 0.184 e. The zero-order chi connectivity index (χ0) is 14.1. The Hall–Kier alpha value is -1.81. The highest BCUT2D eigenvalue weighted by atomic mass is 79.9. The lowest BCUT2D eigenvalue weighted by atomic mass is 9.96. The van der Waals surface area contributed by atoms with Gasteiger partial charge in [0.15, 0.2) is 5.78 Å². The number of fused-ring (bicyclic) bond motifs is 1. The molecule has 2 aromatic rings. The van der Waals surface area contributed by atoms with Crippen molar-refractivity contribution in [1.82, 2.24) is 0 Å². The monoisotopic (exact) mass is 332 g/mol. The van der Waals surface area contributed by atoms with Crippen LogP contribution in [0.5, 0.6) is 11.5 Å². The van der Waals surface area contributed by atoms with Gasteiger partial charge in [0.25, 0.3) is 0 Å². The van der Waals surface area contributed by atoms with Gasteiger partial charge in [0.2, 0.25) is 0 Å². The first kappa shape index (κ1) is 13.2. The fraction of sp³-hybridized carbons (Fsp3) is 0.188. The van der Waals surface area contributed by atoms with Crippen LogP contribution in [0.2, 0.25) is 0 Å². The van der Waals surface area contributed by atoms with E-state index in [4.69, 9.17) is 9.47 Å². The van der Waals surface area contributed by atoms with E-state index < -0.39 is 0 Å². The largest absolute Gasteiger partial charge is 0.497 e. The van der Waals surface area contributed by atoms with Gasteiger partial charge in [0.05, 0.1) is 12.7 Å². The number of halogens is 1. The summed E-state index contributed by atoms with van der Waals surface area (Å²) in [4.78, 5) is 12.0. The minimum Gasteiger partial charge on any atom is -0.497 e. The second kappa shape index (κ2) is 5.29. The van der Waals surface area contributed by atoms with Crippen LogP contribution in [-0.4, -0.2) is 17.7 Å². The molecule has 0 radical (unpaired) electrons. The Labute approximate surface area is 125 Å². The first-order valence-electron chi connectivity index (χ1n) is 6.28. The van der Waals surface area contributed by atoms with Crippen molar-refractivity contribution in [3.8, 4) is 11.5 Å². The smallest absolute Gasteiger partial charge is 0.184 e. The Bertz CT molecular complexity index is 636. The third kappa shape index (κ3) is 2.20. The summed E-state index contributed by atoms with van der Waals surface area (Å²) in [5.74, 6) is 1.46. The van der Waals surface area contributed by atoms with Gasteiger partial charge in [-0.15, -0.1) is 0 Å². The summed E-state index contributed by atoms with van der Waals surface area (Å²) in [7, 11) is 1.62. The maximum atomic E-state index is 12.4. The molecule has 0 spiro atoms. The summed E-state index contributed by atoms with van der Waals surface area (Å²) in [6.07, 6.45) is -0.330. The number of ketones is 1. The molecule has 0 fully saturated rings. The van der Waals surface area contributed by atoms with Crippen LogP contribution in [0.25, 0.3) is 0 Å². The highest BCUT2D eigenvalue weighted by molar-refractivity contribution is 9.10. The lowest BCUT2D eigenvalue weighted by Crippen LogP contribution is -2.31. The molecule has 3 rings (SSSR count). The van der Waals surface area contributed by atoms with Crippen molar-refractivity contribution in [2.24, 2.45) is 0 Å². The van der Waals surface area contributed by atoms with E-state index in [-0.39, 0.29) is 16.7 Å². The first-order chi connectivity index (χ1) is 9.70. The Kier molecular flexibility index (Phi) is 3.49. The SMILES string of the molecule is COc1ccc(C2Oc3ccccc3C(=O)C2Br)cc1. The molecule has 0 bridgehead atoms. The number of methoxy groups -OCH3 is 1. The number of ether oxygens (including phenoxy) is 2. The van der Waals surface area contributed by atoms with Crippen LogP contribution in [-0.2, 0) is 0 Å². The van der Waals surface area contributed by atoms with E-state index >= 15 is 0 Å². The van der Waals surface area contributed by atoms with Crippen LogP contribution in [0.3, 0.4) is 0 Å². The molecule has 4 heteroatoms. The van der Waals surface area contributed by atoms with Gasteiger partial charge in [-0.3, -0.25) is 4.79 Å². The fourth-order valence-corrected chi connectivity index (χ4v) is 2.95. The summed E-state index contributed by atoms with van der Waals surface area (Å²) in [6.45, 7) is 0.